The largest absolute Gasteiger partial charge is 0.449 e. The summed E-state index contributed by atoms with van der Waals surface area (Å²) in [5.74, 6) is 0. The van der Waals surface area contributed by atoms with E-state index in [1.165, 1.54) is 16.6 Å². The van der Waals surface area contributed by atoms with Gasteiger partial charge in [-0.3, -0.25) is 14.8 Å². The molecule has 5 rings (SSSR count). The van der Waals surface area contributed by atoms with Gasteiger partial charge >= 0.3 is 6.09 Å². The van der Waals surface area contributed by atoms with Gasteiger partial charge in [-0.2, -0.15) is 0 Å². The topological polar surface area (TPSA) is 48.9 Å². The number of halogens is 2. The molecule has 0 aliphatic carbocycles. The second-order valence-corrected chi connectivity index (χ2v) is 8.66. The van der Waals surface area contributed by atoms with Crippen LogP contribution in [-0.2, 0) is 11.2 Å². The lowest BCUT2D eigenvalue weighted by atomic mass is 10.1. The van der Waals surface area contributed by atoms with Crippen LogP contribution in [0.3, 0.4) is 0 Å². The Hall–Kier alpha value is -2.54. The van der Waals surface area contributed by atoms with Gasteiger partial charge in [0.2, 0.25) is 0 Å². The van der Waals surface area contributed by atoms with Crippen molar-refractivity contribution in [3.8, 4) is 0 Å². The van der Waals surface area contributed by atoms with E-state index in [4.69, 9.17) is 4.74 Å². The number of aromatic nitrogens is 1. The minimum absolute atomic E-state index is 0. The molecule has 0 spiro atoms. The molecule has 1 amide bonds. The van der Waals surface area contributed by atoms with Gasteiger partial charge in [0.1, 0.15) is 0 Å². The van der Waals surface area contributed by atoms with Crippen molar-refractivity contribution < 1.29 is 9.53 Å². The van der Waals surface area contributed by atoms with Crippen molar-refractivity contribution in [2.75, 3.05) is 55.7 Å². The Labute approximate surface area is 213 Å². The van der Waals surface area contributed by atoms with E-state index in [1.807, 2.05) is 19.1 Å². The minimum atomic E-state index is -0.233. The standard InChI is InChI=1S/C26H30N4O2.2ClH/c1-20-9-10-23-24(27-20)7-3-8-25(23)29-16-14-28(15-17-29)13-11-21-5-2-6-22(19-21)30-12-4-18-32-26(30)31;;/h2-3,5-10,19H,4,11-18H2,1H3;2*1H. The molecule has 2 aromatic carbocycles. The molecular weight excluding hydrogens is 471 g/mol. The number of carbonyl (C=O) groups excluding carboxylic acids is 1. The summed E-state index contributed by atoms with van der Waals surface area (Å²) < 4.78 is 5.19. The van der Waals surface area contributed by atoms with Crippen LogP contribution in [0.4, 0.5) is 16.2 Å². The van der Waals surface area contributed by atoms with Gasteiger partial charge in [0.15, 0.2) is 0 Å². The monoisotopic (exact) mass is 502 g/mol. The van der Waals surface area contributed by atoms with Crippen molar-refractivity contribution in [3.63, 3.8) is 0 Å². The SMILES string of the molecule is Cc1ccc2c(N3CCN(CCc4cccc(N5CCCOC5=O)c4)CC3)cccc2n1.Cl.Cl. The molecule has 3 aromatic rings. The van der Waals surface area contributed by atoms with E-state index in [2.05, 4.69) is 57.2 Å². The van der Waals surface area contributed by atoms with Crippen molar-refractivity contribution in [1.29, 1.82) is 0 Å². The van der Waals surface area contributed by atoms with Crippen LogP contribution in [0.15, 0.2) is 54.6 Å². The fourth-order valence-corrected chi connectivity index (χ4v) is 4.68. The van der Waals surface area contributed by atoms with Crippen LogP contribution in [0.1, 0.15) is 17.7 Å². The first-order valence-electron chi connectivity index (χ1n) is 11.5. The summed E-state index contributed by atoms with van der Waals surface area (Å²) in [6, 6.07) is 19.0. The molecule has 2 aliphatic heterocycles. The third-order valence-electron chi connectivity index (χ3n) is 6.47. The van der Waals surface area contributed by atoms with Crippen LogP contribution < -0.4 is 9.80 Å². The highest BCUT2D eigenvalue weighted by Gasteiger charge is 2.22. The minimum Gasteiger partial charge on any atom is -0.449 e. The number of amides is 1. The molecule has 0 bridgehead atoms. The van der Waals surface area contributed by atoms with Gasteiger partial charge in [-0.25, -0.2) is 4.79 Å². The van der Waals surface area contributed by atoms with Crippen LogP contribution in [0.25, 0.3) is 10.9 Å². The van der Waals surface area contributed by atoms with Gasteiger partial charge in [-0.05, 0) is 61.7 Å². The van der Waals surface area contributed by atoms with Gasteiger partial charge < -0.3 is 9.64 Å². The number of pyridine rings is 1. The van der Waals surface area contributed by atoms with Crippen molar-refractivity contribution in [2.45, 2.75) is 19.8 Å². The van der Waals surface area contributed by atoms with Gasteiger partial charge in [-0.1, -0.05) is 18.2 Å². The molecule has 1 aromatic heterocycles. The fraction of sp³-hybridized carbons (Fsp3) is 0.385. The van der Waals surface area contributed by atoms with E-state index in [1.54, 1.807) is 4.90 Å². The summed E-state index contributed by atoms with van der Waals surface area (Å²) in [4.78, 5) is 23.5. The Morgan fingerprint density at radius 3 is 2.53 bits per heavy atom. The molecule has 2 saturated heterocycles. The van der Waals surface area contributed by atoms with E-state index in [-0.39, 0.29) is 30.9 Å². The van der Waals surface area contributed by atoms with E-state index in [0.29, 0.717) is 6.61 Å². The number of anilines is 2. The van der Waals surface area contributed by atoms with Gasteiger partial charge in [-0.15, -0.1) is 24.8 Å². The van der Waals surface area contributed by atoms with Gasteiger partial charge in [0.05, 0.1) is 12.1 Å². The predicted molar refractivity (Wildman–Crippen MR) is 143 cm³/mol. The van der Waals surface area contributed by atoms with E-state index in [9.17, 15) is 4.79 Å². The first-order chi connectivity index (χ1) is 15.7. The second kappa shape index (κ2) is 11.7. The third kappa shape index (κ3) is 5.74. The lowest BCUT2D eigenvalue weighted by molar-refractivity contribution is 0.140. The van der Waals surface area contributed by atoms with E-state index >= 15 is 0 Å². The van der Waals surface area contributed by atoms with Gasteiger partial charge in [0.25, 0.3) is 0 Å². The van der Waals surface area contributed by atoms with Gasteiger partial charge in [0, 0.05) is 61.7 Å². The molecule has 0 radical (unpaired) electrons. The zero-order valence-corrected chi connectivity index (χ0v) is 21.1. The number of hydrogen-bond donors (Lipinski definition) is 0. The zero-order chi connectivity index (χ0) is 21.9. The number of piperazine rings is 1. The molecule has 0 saturated carbocycles. The van der Waals surface area contributed by atoms with E-state index in [0.717, 1.165) is 69.0 Å². The normalized spacial score (nSPS) is 16.6. The molecule has 0 N–H and O–H groups in total. The molecule has 6 nitrogen and oxygen atoms in total. The molecule has 0 atom stereocenters. The van der Waals surface area contributed by atoms with Crippen molar-refractivity contribution in [1.82, 2.24) is 9.88 Å². The Balaban J connectivity index is 0.00000162. The highest BCUT2D eigenvalue weighted by atomic mass is 35.5. The number of rotatable bonds is 5. The molecule has 34 heavy (non-hydrogen) atoms. The highest BCUT2D eigenvalue weighted by molar-refractivity contribution is 5.92. The molecule has 0 unspecified atom stereocenters. The lowest BCUT2D eigenvalue weighted by Gasteiger charge is -2.36. The Morgan fingerprint density at radius 2 is 1.74 bits per heavy atom. The maximum absolute atomic E-state index is 12.0. The summed E-state index contributed by atoms with van der Waals surface area (Å²) in [5, 5.41) is 1.24. The lowest BCUT2D eigenvalue weighted by Crippen LogP contribution is -2.47. The maximum Gasteiger partial charge on any atom is 0.414 e. The first kappa shape index (κ1) is 26.1. The predicted octanol–water partition coefficient (Wildman–Crippen LogP) is 5.10. The maximum atomic E-state index is 12.0. The van der Waals surface area contributed by atoms with Crippen LogP contribution in [0.5, 0.6) is 0 Å². The zero-order valence-electron chi connectivity index (χ0n) is 19.5. The third-order valence-corrected chi connectivity index (χ3v) is 6.47. The fourth-order valence-electron chi connectivity index (χ4n) is 4.68. The number of benzene rings is 2. The second-order valence-electron chi connectivity index (χ2n) is 8.66. The van der Waals surface area contributed by atoms with Crippen LogP contribution in [-0.4, -0.2) is 61.9 Å². The molecular formula is C26H32Cl2N4O2. The number of nitrogens with zero attached hydrogens (tertiary/aromatic N) is 4. The van der Waals surface area contributed by atoms with Crippen LogP contribution >= 0.6 is 24.8 Å². The Kier molecular flexibility index (Phi) is 9.00. The van der Waals surface area contributed by atoms with Crippen molar-refractivity contribution in [2.24, 2.45) is 0 Å². The number of carbonyl (C=O) groups is 1. The number of ether oxygens (including phenoxy) is 1. The van der Waals surface area contributed by atoms with Crippen molar-refractivity contribution >= 4 is 53.2 Å². The van der Waals surface area contributed by atoms with Crippen LogP contribution in [0, 0.1) is 6.92 Å². The van der Waals surface area contributed by atoms with E-state index < -0.39 is 0 Å². The number of fused-ring (bicyclic) bond motifs is 1. The van der Waals surface area contributed by atoms with Crippen LogP contribution in [0.2, 0.25) is 0 Å². The first-order valence-corrected chi connectivity index (χ1v) is 11.5. The Bertz CT molecular complexity index is 1120. The average Bonchev–Trinajstić information content (AvgIpc) is 2.83. The quantitative estimate of drug-likeness (QED) is 0.485. The number of hydrogen-bond acceptors (Lipinski definition) is 5. The smallest absolute Gasteiger partial charge is 0.414 e. The molecule has 2 aliphatic rings. The summed E-state index contributed by atoms with van der Waals surface area (Å²) in [6.07, 6.45) is 1.63. The molecule has 2 fully saturated rings. The summed E-state index contributed by atoms with van der Waals surface area (Å²) in [7, 11) is 0. The number of cyclic esters (lactones) is 1. The molecule has 182 valence electrons. The molecule has 3 heterocycles. The summed E-state index contributed by atoms with van der Waals surface area (Å²) in [5.41, 5.74) is 5.62. The Morgan fingerprint density at radius 1 is 0.941 bits per heavy atom. The summed E-state index contributed by atoms with van der Waals surface area (Å²) >= 11 is 0. The molecule has 8 heteroatoms. The summed E-state index contributed by atoms with van der Waals surface area (Å²) in [6.45, 7) is 8.46. The number of aryl methyl sites for hydroxylation is 1. The van der Waals surface area contributed by atoms with Crippen molar-refractivity contribution in [3.05, 3.63) is 65.9 Å². The highest BCUT2D eigenvalue weighted by Crippen LogP contribution is 2.27. The average molecular weight is 503 g/mol.